The lowest BCUT2D eigenvalue weighted by Gasteiger charge is -2.34. The molecule has 5 nitrogen and oxygen atoms in total. The number of likely N-dealkylation sites (N-methyl/N-ethyl adjacent to an activating group) is 1. The van der Waals surface area contributed by atoms with Gasteiger partial charge in [0, 0.05) is 13.1 Å². The van der Waals surface area contributed by atoms with Crippen molar-refractivity contribution in [2.24, 2.45) is 0 Å². The number of hydrogen-bond donors (Lipinski definition) is 4. The van der Waals surface area contributed by atoms with Crippen LogP contribution in [0.2, 0.25) is 0 Å². The third-order valence-corrected chi connectivity index (χ3v) is 2.38. The van der Waals surface area contributed by atoms with Gasteiger partial charge in [-0.2, -0.15) is 0 Å². The molecule has 4 unspecified atom stereocenters. The average molecular weight is 206 g/mol. The molecule has 0 spiro atoms. The maximum absolute atomic E-state index is 13.3. The fraction of sp³-hybridized carbons (Fsp3) is 0.875. The van der Waals surface area contributed by atoms with Crippen molar-refractivity contribution >= 4 is 5.91 Å². The Kier molecular flexibility index (Phi) is 3.79. The number of aliphatic hydroxyl groups excluding tert-OH is 2. The molecule has 0 aromatic heterocycles. The van der Waals surface area contributed by atoms with Crippen molar-refractivity contribution in [1.29, 1.82) is 0 Å². The van der Waals surface area contributed by atoms with E-state index in [9.17, 15) is 14.3 Å². The van der Waals surface area contributed by atoms with Crippen molar-refractivity contribution in [2.45, 2.75) is 30.8 Å². The second-order valence-corrected chi connectivity index (χ2v) is 3.39. The van der Waals surface area contributed by atoms with Gasteiger partial charge < -0.3 is 15.5 Å². The second kappa shape index (κ2) is 4.68. The first-order chi connectivity index (χ1) is 6.60. The molecule has 1 saturated heterocycles. The summed E-state index contributed by atoms with van der Waals surface area (Å²) in [6.07, 6.45) is -2.71. The fourth-order valence-electron chi connectivity index (χ4n) is 1.56. The highest BCUT2D eigenvalue weighted by Crippen LogP contribution is 2.17. The van der Waals surface area contributed by atoms with Crippen LogP contribution in [0.1, 0.15) is 6.42 Å². The van der Waals surface area contributed by atoms with Crippen molar-refractivity contribution in [3.8, 4) is 0 Å². The number of halogens is 1. The topological polar surface area (TPSA) is 81.6 Å². The van der Waals surface area contributed by atoms with Crippen LogP contribution in [-0.2, 0) is 4.79 Å². The molecule has 0 radical (unpaired) electrons. The van der Waals surface area contributed by atoms with Crippen molar-refractivity contribution in [3.63, 3.8) is 0 Å². The van der Waals surface area contributed by atoms with Crippen LogP contribution in [0.4, 0.5) is 4.39 Å². The molecule has 1 heterocycles. The van der Waals surface area contributed by atoms with Gasteiger partial charge in [0.1, 0.15) is 6.04 Å². The van der Waals surface area contributed by atoms with E-state index < -0.39 is 30.3 Å². The highest BCUT2D eigenvalue weighted by atomic mass is 19.1. The summed E-state index contributed by atoms with van der Waals surface area (Å²) in [4.78, 5) is 11.2. The zero-order chi connectivity index (χ0) is 10.7. The van der Waals surface area contributed by atoms with Gasteiger partial charge >= 0.3 is 0 Å². The zero-order valence-electron chi connectivity index (χ0n) is 7.90. The van der Waals surface area contributed by atoms with Crippen LogP contribution in [0.3, 0.4) is 0 Å². The Labute approximate surface area is 81.3 Å². The molecule has 0 aromatic rings. The van der Waals surface area contributed by atoms with Gasteiger partial charge in [-0.05, 0) is 6.42 Å². The van der Waals surface area contributed by atoms with Crippen LogP contribution < -0.4 is 10.6 Å². The zero-order valence-corrected chi connectivity index (χ0v) is 7.90. The molecule has 0 aromatic carbocycles. The summed E-state index contributed by atoms with van der Waals surface area (Å²) in [7, 11) is 1.39. The van der Waals surface area contributed by atoms with Crippen molar-refractivity contribution < 1.29 is 19.4 Å². The predicted octanol–water partition coefficient (Wildman–Crippen LogP) is -1.85. The number of carbonyl (C=O) groups is 1. The van der Waals surface area contributed by atoms with Gasteiger partial charge in [-0.3, -0.25) is 10.1 Å². The number of alkyl halides is 1. The quantitative estimate of drug-likeness (QED) is 0.428. The third-order valence-electron chi connectivity index (χ3n) is 2.38. The smallest absolute Gasteiger partial charge is 0.240 e. The van der Waals surface area contributed by atoms with Crippen LogP contribution in [0.15, 0.2) is 0 Å². The van der Waals surface area contributed by atoms with Crippen LogP contribution in [0.25, 0.3) is 0 Å². The van der Waals surface area contributed by atoms with E-state index in [4.69, 9.17) is 5.11 Å². The van der Waals surface area contributed by atoms with E-state index in [1.807, 2.05) is 0 Å². The lowest BCUT2D eigenvalue weighted by Crippen LogP contribution is -2.61. The molecule has 1 amide bonds. The number of aliphatic hydroxyl groups is 2. The first kappa shape index (κ1) is 11.4. The molecule has 0 aliphatic carbocycles. The summed E-state index contributed by atoms with van der Waals surface area (Å²) in [6, 6.07) is -1.51. The van der Waals surface area contributed by atoms with Gasteiger partial charge in [-0.15, -0.1) is 0 Å². The number of piperidine rings is 1. The van der Waals surface area contributed by atoms with Gasteiger partial charge in [0.2, 0.25) is 5.91 Å². The summed E-state index contributed by atoms with van der Waals surface area (Å²) in [5, 5.41) is 23.1. The maximum atomic E-state index is 13.3. The first-order valence-electron chi connectivity index (χ1n) is 4.50. The number of carbonyl (C=O) groups excluding carboxylic acids is 1. The normalized spacial score (nSPS) is 38.0. The van der Waals surface area contributed by atoms with Crippen molar-refractivity contribution in [3.05, 3.63) is 0 Å². The summed E-state index contributed by atoms with van der Waals surface area (Å²) < 4.78 is 13.3. The summed E-state index contributed by atoms with van der Waals surface area (Å²) in [5.41, 5.74) is 0. The predicted molar refractivity (Wildman–Crippen MR) is 47.4 cm³/mol. The summed E-state index contributed by atoms with van der Waals surface area (Å²) in [6.45, 7) is -0.225. The van der Waals surface area contributed by atoms with E-state index >= 15 is 0 Å². The second-order valence-electron chi connectivity index (χ2n) is 3.39. The third kappa shape index (κ3) is 2.20. The van der Waals surface area contributed by atoms with Crippen LogP contribution in [-0.4, -0.2) is 54.1 Å². The van der Waals surface area contributed by atoms with Crippen molar-refractivity contribution in [2.75, 3.05) is 13.7 Å². The molecule has 82 valence electrons. The SMILES string of the molecule is CNC(=O)C1NC(CO)CC(O)C1F. The number of nitrogens with one attached hydrogen (secondary N) is 2. The molecule has 4 N–H and O–H groups in total. The van der Waals surface area contributed by atoms with Gasteiger partial charge in [0.15, 0.2) is 6.17 Å². The minimum Gasteiger partial charge on any atom is -0.395 e. The standard InChI is InChI=1S/C8H15FN2O3/c1-10-8(14)7-6(9)5(13)2-4(3-12)11-7/h4-7,11-13H,2-3H2,1H3,(H,10,14). The molecule has 1 fully saturated rings. The van der Waals surface area contributed by atoms with E-state index in [0.717, 1.165) is 0 Å². The average Bonchev–Trinajstić information content (AvgIpc) is 2.20. The molecule has 6 heteroatoms. The Hall–Kier alpha value is -0.720. The summed E-state index contributed by atoms with van der Waals surface area (Å²) >= 11 is 0. The van der Waals surface area contributed by atoms with E-state index in [1.165, 1.54) is 7.05 Å². The summed E-state index contributed by atoms with van der Waals surface area (Å²) in [5.74, 6) is -0.519. The maximum Gasteiger partial charge on any atom is 0.240 e. The molecule has 0 bridgehead atoms. The highest BCUT2D eigenvalue weighted by Gasteiger charge is 2.40. The Bertz CT molecular complexity index is 215. The van der Waals surface area contributed by atoms with Crippen LogP contribution in [0, 0.1) is 0 Å². The monoisotopic (exact) mass is 206 g/mol. The minimum atomic E-state index is -1.63. The van der Waals surface area contributed by atoms with E-state index in [1.54, 1.807) is 0 Å². The molecule has 1 aliphatic heterocycles. The van der Waals surface area contributed by atoms with E-state index in [0.29, 0.717) is 0 Å². The Morgan fingerprint density at radius 3 is 2.86 bits per heavy atom. The van der Waals surface area contributed by atoms with Crippen LogP contribution >= 0.6 is 0 Å². The van der Waals surface area contributed by atoms with Gasteiger partial charge in [0.05, 0.1) is 12.7 Å². The van der Waals surface area contributed by atoms with E-state index in [-0.39, 0.29) is 13.0 Å². The highest BCUT2D eigenvalue weighted by molar-refractivity contribution is 5.82. The Morgan fingerprint density at radius 2 is 2.36 bits per heavy atom. The molecule has 1 aliphatic rings. The number of hydrogen-bond acceptors (Lipinski definition) is 4. The van der Waals surface area contributed by atoms with Crippen LogP contribution in [0.5, 0.6) is 0 Å². The Morgan fingerprint density at radius 1 is 1.71 bits per heavy atom. The Balaban J connectivity index is 2.67. The van der Waals surface area contributed by atoms with Gasteiger partial charge in [-0.25, -0.2) is 4.39 Å². The van der Waals surface area contributed by atoms with E-state index in [2.05, 4.69) is 10.6 Å². The largest absolute Gasteiger partial charge is 0.395 e. The lowest BCUT2D eigenvalue weighted by atomic mass is 9.94. The van der Waals surface area contributed by atoms with Gasteiger partial charge in [0.25, 0.3) is 0 Å². The van der Waals surface area contributed by atoms with Crippen molar-refractivity contribution in [1.82, 2.24) is 10.6 Å². The minimum absolute atomic E-state index is 0.116. The lowest BCUT2D eigenvalue weighted by molar-refractivity contribution is -0.128. The molecule has 0 saturated carbocycles. The first-order valence-corrected chi connectivity index (χ1v) is 4.50. The molecule has 14 heavy (non-hydrogen) atoms. The number of amides is 1. The van der Waals surface area contributed by atoms with Gasteiger partial charge in [-0.1, -0.05) is 0 Å². The fourth-order valence-corrected chi connectivity index (χ4v) is 1.56. The number of rotatable bonds is 2. The molecular formula is C8H15FN2O3. The molecular weight excluding hydrogens is 191 g/mol. The molecule has 4 atom stereocenters. The molecule has 1 rings (SSSR count).